The third-order valence-electron chi connectivity index (χ3n) is 4.60. The molecular weight excluding hydrogens is 312 g/mol. The molecule has 1 fully saturated rings. The lowest BCUT2D eigenvalue weighted by atomic mass is 10.1. The van der Waals surface area contributed by atoms with Gasteiger partial charge in [0.1, 0.15) is 0 Å². The Bertz CT molecular complexity index is 639. The quantitative estimate of drug-likeness (QED) is 0.861. The highest BCUT2D eigenvalue weighted by Gasteiger charge is 2.22. The van der Waals surface area contributed by atoms with Crippen molar-refractivity contribution in [2.45, 2.75) is 19.3 Å². The lowest BCUT2D eigenvalue weighted by molar-refractivity contribution is -0.132. The molecule has 25 heavy (non-hydrogen) atoms. The molecule has 1 aliphatic rings. The van der Waals surface area contributed by atoms with Gasteiger partial charge in [-0.05, 0) is 17.5 Å². The number of hydrogen-bond donors (Lipinski definition) is 0. The van der Waals surface area contributed by atoms with E-state index in [1.165, 1.54) is 0 Å². The van der Waals surface area contributed by atoms with Gasteiger partial charge in [-0.15, -0.1) is 0 Å². The fraction of sp³-hybridized carbons (Fsp3) is 0.333. The average molecular weight is 336 g/mol. The molecule has 0 aliphatic carbocycles. The summed E-state index contributed by atoms with van der Waals surface area (Å²) in [6.07, 6.45) is 1.69. The number of rotatable bonds is 4. The maximum absolute atomic E-state index is 12.5. The van der Waals surface area contributed by atoms with Crippen LogP contribution >= 0.6 is 0 Å². The zero-order valence-electron chi connectivity index (χ0n) is 14.4. The van der Waals surface area contributed by atoms with Crippen LogP contribution in [0.3, 0.4) is 0 Å². The molecule has 2 aromatic rings. The monoisotopic (exact) mass is 336 g/mol. The van der Waals surface area contributed by atoms with E-state index in [0.29, 0.717) is 25.9 Å². The molecule has 2 aromatic carbocycles. The number of hydrogen-bond acceptors (Lipinski definition) is 2. The van der Waals surface area contributed by atoms with E-state index in [0.717, 1.165) is 30.6 Å². The van der Waals surface area contributed by atoms with Gasteiger partial charge in [0.2, 0.25) is 11.8 Å². The fourth-order valence-electron chi connectivity index (χ4n) is 3.18. The fourth-order valence-corrected chi connectivity index (χ4v) is 3.18. The van der Waals surface area contributed by atoms with Crippen molar-refractivity contribution in [1.82, 2.24) is 9.80 Å². The molecule has 1 aliphatic heterocycles. The molecule has 0 spiro atoms. The number of carbonyl (C=O) groups excluding carboxylic acids is 2. The highest BCUT2D eigenvalue weighted by atomic mass is 16.2. The standard InChI is InChI=1S/C21H24N2O2/c24-20(16-18-8-3-1-4-9-18)22-12-7-13-23(15-14-22)21(25)17-19-10-5-2-6-11-19/h1-6,8-11H,7,12-17H2. The Kier molecular flexibility index (Phi) is 5.83. The average Bonchev–Trinajstić information content (AvgIpc) is 2.90. The topological polar surface area (TPSA) is 40.6 Å². The molecule has 130 valence electrons. The second-order valence-corrected chi connectivity index (χ2v) is 6.44. The van der Waals surface area contributed by atoms with Crippen molar-refractivity contribution in [3.63, 3.8) is 0 Å². The number of nitrogens with zero attached hydrogens (tertiary/aromatic N) is 2. The zero-order chi connectivity index (χ0) is 17.5. The SMILES string of the molecule is O=C(Cc1ccccc1)N1CCCN(C(=O)Cc2ccccc2)CC1. The minimum atomic E-state index is 0.142. The van der Waals surface area contributed by atoms with Crippen LogP contribution in [-0.4, -0.2) is 47.8 Å². The molecule has 0 N–H and O–H groups in total. The first kappa shape index (κ1) is 17.2. The Hall–Kier alpha value is -2.62. The van der Waals surface area contributed by atoms with E-state index in [1.54, 1.807) is 0 Å². The lowest BCUT2D eigenvalue weighted by Crippen LogP contribution is -2.38. The van der Waals surface area contributed by atoms with Gasteiger partial charge in [-0.25, -0.2) is 0 Å². The van der Waals surface area contributed by atoms with Crippen LogP contribution < -0.4 is 0 Å². The highest BCUT2D eigenvalue weighted by Crippen LogP contribution is 2.10. The van der Waals surface area contributed by atoms with Crippen LogP contribution in [-0.2, 0) is 22.4 Å². The summed E-state index contributed by atoms with van der Waals surface area (Å²) in [4.78, 5) is 28.8. The number of benzene rings is 2. The first-order valence-electron chi connectivity index (χ1n) is 8.86. The minimum absolute atomic E-state index is 0.142. The maximum atomic E-state index is 12.5. The van der Waals surface area contributed by atoms with Crippen molar-refractivity contribution < 1.29 is 9.59 Å². The van der Waals surface area contributed by atoms with Crippen LogP contribution in [0.1, 0.15) is 17.5 Å². The molecule has 2 amide bonds. The molecule has 4 heteroatoms. The second-order valence-electron chi connectivity index (χ2n) is 6.44. The smallest absolute Gasteiger partial charge is 0.227 e. The van der Waals surface area contributed by atoms with Gasteiger partial charge in [0.05, 0.1) is 12.8 Å². The first-order valence-corrected chi connectivity index (χ1v) is 8.86. The van der Waals surface area contributed by atoms with Crippen LogP contribution in [0, 0.1) is 0 Å². The summed E-state index contributed by atoms with van der Waals surface area (Å²) in [6, 6.07) is 19.6. The van der Waals surface area contributed by atoms with E-state index in [1.807, 2.05) is 70.5 Å². The van der Waals surface area contributed by atoms with E-state index < -0.39 is 0 Å². The van der Waals surface area contributed by atoms with Crippen molar-refractivity contribution in [2.24, 2.45) is 0 Å². The largest absolute Gasteiger partial charge is 0.341 e. The van der Waals surface area contributed by atoms with Crippen LogP contribution in [0.2, 0.25) is 0 Å². The molecule has 0 saturated carbocycles. The van der Waals surface area contributed by atoms with E-state index in [9.17, 15) is 9.59 Å². The predicted molar refractivity (Wildman–Crippen MR) is 98.1 cm³/mol. The third-order valence-corrected chi connectivity index (χ3v) is 4.60. The van der Waals surface area contributed by atoms with Gasteiger partial charge in [0.15, 0.2) is 0 Å². The lowest BCUT2D eigenvalue weighted by Gasteiger charge is -2.22. The van der Waals surface area contributed by atoms with Gasteiger partial charge in [-0.1, -0.05) is 60.7 Å². The highest BCUT2D eigenvalue weighted by molar-refractivity contribution is 5.80. The molecule has 0 aromatic heterocycles. The van der Waals surface area contributed by atoms with Gasteiger partial charge < -0.3 is 9.80 Å². The molecule has 0 radical (unpaired) electrons. The second kappa shape index (κ2) is 8.47. The summed E-state index contributed by atoms with van der Waals surface area (Å²) >= 11 is 0. The van der Waals surface area contributed by atoms with Crippen molar-refractivity contribution in [3.05, 3.63) is 71.8 Å². The Morgan fingerprint density at radius 2 is 1.04 bits per heavy atom. The Morgan fingerprint density at radius 1 is 0.640 bits per heavy atom. The van der Waals surface area contributed by atoms with Crippen molar-refractivity contribution in [3.8, 4) is 0 Å². The van der Waals surface area contributed by atoms with E-state index in [-0.39, 0.29) is 11.8 Å². The summed E-state index contributed by atoms with van der Waals surface area (Å²) in [7, 11) is 0. The number of amides is 2. The molecule has 0 atom stereocenters. The van der Waals surface area contributed by atoms with Crippen LogP contribution in [0.4, 0.5) is 0 Å². The normalized spacial score (nSPS) is 14.9. The number of carbonyl (C=O) groups is 2. The van der Waals surface area contributed by atoms with Gasteiger partial charge in [0.25, 0.3) is 0 Å². The van der Waals surface area contributed by atoms with Gasteiger partial charge in [-0.2, -0.15) is 0 Å². The Balaban J connectivity index is 1.53. The van der Waals surface area contributed by atoms with E-state index >= 15 is 0 Å². The van der Waals surface area contributed by atoms with Crippen LogP contribution in [0.15, 0.2) is 60.7 Å². The van der Waals surface area contributed by atoms with Crippen molar-refractivity contribution >= 4 is 11.8 Å². The molecule has 1 saturated heterocycles. The summed E-state index contributed by atoms with van der Waals surface area (Å²) < 4.78 is 0. The van der Waals surface area contributed by atoms with Crippen LogP contribution in [0.5, 0.6) is 0 Å². The van der Waals surface area contributed by atoms with E-state index in [2.05, 4.69) is 0 Å². The molecule has 0 bridgehead atoms. The van der Waals surface area contributed by atoms with Crippen molar-refractivity contribution in [2.75, 3.05) is 26.2 Å². The summed E-state index contributed by atoms with van der Waals surface area (Å²) in [5.74, 6) is 0.284. The summed E-state index contributed by atoms with van der Waals surface area (Å²) in [6.45, 7) is 2.68. The van der Waals surface area contributed by atoms with Crippen LogP contribution in [0.25, 0.3) is 0 Å². The Morgan fingerprint density at radius 3 is 1.44 bits per heavy atom. The summed E-state index contributed by atoms with van der Waals surface area (Å²) in [5.41, 5.74) is 2.07. The summed E-state index contributed by atoms with van der Waals surface area (Å²) in [5, 5.41) is 0. The van der Waals surface area contributed by atoms with Gasteiger partial charge in [0, 0.05) is 26.2 Å². The molecular formula is C21H24N2O2. The molecule has 4 nitrogen and oxygen atoms in total. The van der Waals surface area contributed by atoms with E-state index in [4.69, 9.17) is 0 Å². The van der Waals surface area contributed by atoms with Gasteiger partial charge >= 0.3 is 0 Å². The first-order chi connectivity index (χ1) is 12.2. The maximum Gasteiger partial charge on any atom is 0.227 e. The van der Waals surface area contributed by atoms with Gasteiger partial charge in [-0.3, -0.25) is 9.59 Å². The Labute approximate surface area is 149 Å². The molecule has 3 rings (SSSR count). The van der Waals surface area contributed by atoms with Crippen molar-refractivity contribution in [1.29, 1.82) is 0 Å². The zero-order valence-corrected chi connectivity index (χ0v) is 14.4. The third kappa shape index (κ3) is 4.92. The molecule has 0 unspecified atom stereocenters. The predicted octanol–water partition coefficient (Wildman–Crippen LogP) is 2.53. The minimum Gasteiger partial charge on any atom is -0.341 e. The molecule has 1 heterocycles.